The number of fused-ring (bicyclic) bond motifs is 1. The van der Waals surface area contributed by atoms with Crippen molar-refractivity contribution in [3.05, 3.63) is 0 Å². The van der Waals surface area contributed by atoms with E-state index < -0.39 is 0 Å². The lowest BCUT2D eigenvalue weighted by atomic mass is 10.1. The van der Waals surface area contributed by atoms with Crippen LogP contribution in [0.1, 0.15) is 19.3 Å². The largest absolute Gasteiger partial charge is 0.325 e. The average Bonchev–Trinajstić information content (AvgIpc) is 2.75. The van der Waals surface area contributed by atoms with E-state index in [-0.39, 0.29) is 18.0 Å². The van der Waals surface area contributed by atoms with Gasteiger partial charge in [-0.1, -0.05) is 0 Å². The van der Waals surface area contributed by atoms with Crippen molar-refractivity contribution in [3.63, 3.8) is 0 Å². The van der Waals surface area contributed by atoms with E-state index >= 15 is 0 Å². The summed E-state index contributed by atoms with van der Waals surface area (Å²) in [4.78, 5) is 13.9. The van der Waals surface area contributed by atoms with Gasteiger partial charge in [0.15, 0.2) is 0 Å². The SMILES string of the molecule is N#C[C@@H]1CCCN1C(=O)[C@H]1NC[C@H]2C[C@H]21. The molecule has 0 radical (unpaired) electrons. The third kappa shape index (κ3) is 1.34. The first-order valence-electron chi connectivity index (χ1n) is 5.75. The van der Waals surface area contributed by atoms with Gasteiger partial charge in [-0.05, 0) is 37.6 Å². The number of likely N-dealkylation sites (tertiary alicyclic amines) is 1. The first-order chi connectivity index (χ1) is 7.31. The summed E-state index contributed by atoms with van der Waals surface area (Å²) in [6.45, 7) is 1.76. The number of amides is 1. The Morgan fingerprint density at radius 1 is 1.53 bits per heavy atom. The lowest BCUT2D eigenvalue weighted by Gasteiger charge is -2.24. The average molecular weight is 205 g/mol. The molecule has 0 unspecified atom stereocenters. The molecule has 2 heterocycles. The van der Waals surface area contributed by atoms with Crippen LogP contribution in [-0.2, 0) is 4.79 Å². The van der Waals surface area contributed by atoms with Gasteiger partial charge in [0.25, 0.3) is 0 Å². The minimum atomic E-state index is -0.169. The van der Waals surface area contributed by atoms with Crippen LogP contribution < -0.4 is 5.32 Å². The summed E-state index contributed by atoms with van der Waals surface area (Å²) in [5, 5.41) is 12.2. The Hall–Kier alpha value is -1.08. The summed E-state index contributed by atoms with van der Waals surface area (Å²) in [6.07, 6.45) is 3.03. The maximum absolute atomic E-state index is 12.2. The summed E-state index contributed by atoms with van der Waals surface area (Å²) >= 11 is 0. The minimum Gasteiger partial charge on any atom is -0.325 e. The Morgan fingerprint density at radius 2 is 2.40 bits per heavy atom. The zero-order valence-electron chi connectivity index (χ0n) is 8.65. The number of carbonyl (C=O) groups is 1. The van der Waals surface area contributed by atoms with Gasteiger partial charge in [-0.25, -0.2) is 0 Å². The fourth-order valence-electron chi connectivity index (χ4n) is 2.96. The molecule has 3 aliphatic rings. The van der Waals surface area contributed by atoms with Gasteiger partial charge in [0.2, 0.25) is 5.91 Å². The van der Waals surface area contributed by atoms with Crippen LogP contribution in [-0.4, -0.2) is 36.0 Å². The zero-order chi connectivity index (χ0) is 10.4. The molecule has 2 aliphatic heterocycles. The fourth-order valence-corrected chi connectivity index (χ4v) is 2.96. The van der Waals surface area contributed by atoms with E-state index in [0.29, 0.717) is 5.92 Å². The molecule has 1 saturated carbocycles. The summed E-state index contributed by atoms with van der Waals surface area (Å²) in [5.41, 5.74) is 0. The standard InChI is InChI=1S/C11H15N3O/c12-5-8-2-1-3-14(8)11(15)10-9-4-7(9)6-13-10/h7-10,13H,1-4,6H2/t7-,8+,9-,10+/m1/s1. The lowest BCUT2D eigenvalue weighted by Crippen LogP contribution is -2.47. The monoisotopic (exact) mass is 205 g/mol. The number of nitriles is 1. The van der Waals surface area contributed by atoms with Crippen LogP contribution in [0.5, 0.6) is 0 Å². The molecule has 15 heavy (non-hydrogen) atoms. The first kappa shape index (κ1) is 9.17. The van der Waals surface area contributed by atoms with Gasteiger partial charge >= 0.3 is 0 Å². The van der Waals surface area contributed by atoms with E-state index in [1.54, 1.807) is 4.90 Å². The molecule has 0 bridgehead atoms. The zero-order valence-corrected chi connectivity index (χ0v) is 8.65. The molecule has 2 saturated heterocycles. The molecular weight excluding hydrogens is 190 g/mol. The maximum atomic E-state index is 12.2. The van der Waals surface area contributed by atoms with E-state index in [2.05, 4.69) is 11.4 Å². The fraction of sp³-hybridized carbons (Fsp3) is 0.818. The third-order valence-electron chi connectivity index (χ3n) is 3.96. The normalized spacial score (nSPS) is 42.5. The highest BCUT2D eigenvalue weighted by atomic mass is 16.2. The van der Waals surface area contributed by atoms with Crippen molar-refractivity contribution in [2.75, 3.05) is 13.1 Å². The topological polar surface area (TPSA) is 56.1 Å². The van der Waals surface area contributed by atoms with Gasteiger partial charge < -0.3 is 10.2 Å². The molecule has 3 rings (SSSR count). The molecule has 0 aromatic rings. The highest BCUT2D eigenvalue weighted by Gasteiger charge is 2.52. The first-order valence-corrected chi connectivity index (χ1v) is 5.75. The second-order valence-corrected chi connectivity index (χ2v) is 4.86. The molecule has 4 nitrogen and oxygen atoms in total. The predicted octanol–water partition coefficient (Wildman–Crippen LogP) is 0.109. The number of nitrogens with one attached hydrogen (secondary N) is 1. The highest BCUT2D eigenvalue weighted by molar-refractivity contribution is 5.84. The van der Waals surface area contributed by atoms with Gasteiger partial charge in [-0.15, -0.1) is 0 Å². The minimum absolute atomic E-state index is 0.0175. The van der Waals surface area contributed by atoms with Crippen LogP contribution in [0.4, 0.5) is 0 Å². The van der Waals surface area contributed by atoms with Gasteiger partial charge in [0, 0.05) is 6.54 Å². The molecule has 80 valence electrons. The molecule has 4 heteroatoms. The highest BCUT2D eigenvalue weighted by Crippen LogP contribution is 2.45. The molecule has 0 spiro atoms. The van der Waals surface area contributed by atoms with Gasteiger partial charge in [0.05, 0.1) is 12.1 Å². The Labute approximate surface area is 89.2 Å². The van der Waals surface area contributed by atoms with Crippen LogP contribution in [0.2, 0.25) is 0 Å². The second kappa shape index (κ2) is 3.21. The van der Waals surface area contributed by atoms with E-state index in [9.17, 15) is 4.79 Å². The summed E-state index contributed by atoms with van der Waals surface area (Å²) in [5.74, 6) is 1.48. The van der Waals surface area contributed by atoms with Crippen molar-refractivity contribution in [1.82, 2.24) is 10.2 Å². The van der Waals surface area contributed by atoms with Crippen molar-refractivity contribution in [2.45, 2.75) is 31.3 Å². The van der Waals surface area contributed by atoms with E-state index in [1.807, 2.05) is 0 Å². The lowest BCUT2D eigenvalue weighted by molar-refractivity contribution is -0.133. The predicted molar refractivity (Wildman–Crippen MR) is 53.7 cm³/mol. The van der Waals surface area contributed by atoms with E-state index in [1.165, 1.54) is 6.42 Å². The van der Waals surface area contributed by atoms with Gasteiger partial charge in [0.1, 0.15) is 6.04 Å². The third-order valence-corrected chi connectivity index (χ3v) is 3.96. The summed E-state index contributed by atoms with van der Waals surface area (Å²) in [6, 6.07) is 2.07. The number of piperidine rings is 1. The molecule has 1 amide bonds. The molecule has 1 N–H and O–H groups in total. The van der Waals surface area contributed by atoms with Crippen molar-refractivity contribution in [3.8, 4) is 6.07 Å². The Bertz CT molecular complexity index is 335. The second-order valence-electron chi connectivity index (χ2n) is 4.86. The summed E-state index contributed by atoms with van der Waals surface area (Å²) in [7, 11) is 0. The number of rotatable bonds is 1. The number of carbonyl (C=O) groups excluding carboxylic acids is 1. The molecular formula is C11H15N3O. The van der Waals surface area contributed by atoms with Gasteiger partial charge in [-0.3, -0.25) is 4.79 Å². The Kier molecular flexibility index (Phi) is 1.96. The quantitative estimate of drug-likeness (QED) is 0.661. The van der Waals surface area contributed by atoms with Crippen molar-refractivity contribution in [2.24, 2.45) is 11.8 Å². The van der Waals surface area contributed by atoms with Crippen LogP contribution in [0.25, 0.3) is 0 Å². The van der Waals surface area contributed by atoms with E-state index in [0.717, 1.165) is 31.8 Å². The summed E-state index contributed by atoms with van der Waals surface area (Å²) < 4.78 is 0. The van der Waals surface area contributed by atoms with Crippen LogP contribution >= 0.6 is 0 Å². The molecule has 4 atom stereocenters. The number of nitrogens with zero attached hydrogens (tertiary/aromatic N) is 2. The van der Waals surface area contributed by atoms with Crippen LogP contribution in [0, 0.1) is 23.2 Å². The number of hydrogen-bond donors (Lipinski definition) is 1. The molecule has 0 aromatic heterocycles. The number of hydrogen-bond acceptors (Lipinski definition) is 3. The van der Waals surface area contributed by atoms with Crippen molar-refractivity contribution in [1.29, 1.82) is 5.26 Å². The van der Waals surface area contributed by atoms with Crippen molar-refractivity contribution < 1.29 is 4.79 Å². The van der Waals surface area contributed by atoms with E-state index in [4.69, 9.17) is 5.26 Å². The van der Waals surface area contributed by atoms with Gasteiger partial charge in [-0.2, -0.15) is 5.26 Å². The van der Waals surface area contributed by atoms with Crippen molar-refractivity contribution >= 4 is 5.91 Å². The smallest absolute Gasteiger partial charge is 0.241 e. The van der Waals surface area contributed by atoms with Crippen LogP contribution in [0.15, 0.2) is 0 Å². The maximum Gasteiger partial charge on any atom is 0.241 e. The Balaban J connectivity index is 1.71. The molecule has 3 fully saturated rings. The Morgan fingerprint density at radius 3 is 3.00 bits per heavy atom. The van der Waals surface area contributed by atoms with Crippen LogP contribution in [0.3, 0.4) is 0 Å². The molecule has 0 aromatic carbocycles. The molecule has 1 aliphatic carbocycles.